The van der Waals surface area contributed by atoms with Crippen molar-refractivity contribution in [2.75, 3.05) is 23.8 Å². The van der Waals surface area contributed by atoms with Crippen molar-refractivity contribution in [3.8, 4) is 0 Å². The number of aryl methyl sites for hydroxylation is 1. The van der Waals surface area contributed by atoms with Crippen molar-refractivity contribution in [2.45, 2.75) is 52.1 Å². The summed E-state index contributed by atoms with van der Waals surface area (Å²) in [5.74, 6) is 2.09. The van der Waals surface area contributed by atoms with Crippen molar-refractivity contribution >= 4 is 22.9 Å². The summed E-state index contributed by atoms with van der Waals surface area (Å²) in [5.41, 5.74) is 1.66. The van der Waals surface area contributed by atoms with Gasteiger partial charge < -0.3 is 20.3 Å². The van der Waals surface area contributed by atoms with Gasteiger partial charge in [0.2, 0.25) is 5.95 Å². The van der Waals surface area contributed by atoms with Gasteiger partial charge in [-0.1, -0.05) is 13.8 Å². The Kier molecular flexibility index (Phi) is 4.95. The van der Waals surface area contributed by atoms with E-state index in [2.05, 4.69) is 37.1 Å². The van der Waals surface area contributed by atoms with E-state index in [1.807, 2.05) is 13.3 Å². The maximum Gasteiger partial charge on any atom is 0.227 e. The Morgan fingerprint density at radius 1 is 1.35 bits per heavy atom. The molecule has 0 saturated heterocycles. The molecule has 3 rings (SSSR count). The molecular weight excluding hydrogens is 292 g/mol. The van der Waals surface area contributed by atoms with Crippen LogP contribution in [0.4, 0.5) is 11.8 Å². The van der Waals surface area contributed by atoms with Crippen LogP contribution in [0.25, 0.3) is 11.2 Å². The lowest BCUT2D eigenvalue weighted by Crippen LogP contribution is -2.24. The van der Waals surface area contributed by atoms with Gasteiger partial charge in [-0.2, -0.15) is 9.97 Å². The second-order valence-corrected chi connectivity index (χ2v) is 6.26. The molecule has 7 heteroatoms. The summed E-state index contributed by atoms with van der Waals surface area (Å²) in [6.45, 7) is 6.05. The minimum Gasteiger partial charge on any atom is -0.394 e. The number of aliphatic hydroxyl groups is 1. The topological polar surface area (TPSA) is 87.9 Å². The van der Waals surface area contributed by atoms with Crippen LogP contribution in [0, 0.1) is 5.92 Å². The number of rotatable bonds is 9. The first-order chi connectivity index (χ1) is 11.2. The first-order valence-electron chi connectivity index (χ1n) is 8.59. The molecule has 1 fully saturated rings. The summed E-state index contributed by atoms with van der Waals surface area (Å²) in [6.07, 6.45) is 6.25. The van der Waals surface area contributed by atoms with Crippen molar-refractivity contribution in [3.05, 3.63) is 6.33 Å². The van der Waals surface area contributed by atoms with Crippen LogP contribution in [0.5, 0.6) is 0 Å². The van der Waals surface area contributed by atoms with E-state index in [1.54, 1.807) is 0 Å². The van der Waals surface area contributed by atoms with Crippen LogP contribution in [0.2, 0.25) is 0 Å². The number of nitrogens with one attached hydrogen (secondary N) is 2. The molecule has 126 valence electrons. The van der Waals surface area contributed by atoms with Crippen LogP contribution in [-0.4, -0.2) is 43.8 Å². The predicted molar refractivity (Wildman–Crippen MR) is 91.6 cm³/mol. The molecule has 0 amide bonds. The molecule has 1 atom stereocenters. The molecule has 1 aliphatic rings. The number of fused-ring (bicyclic) bond motifs is 1. The van der Waals surface area contributed by atoms with Crippen molar-refractivity contribution in [1.82, 2.24) is 19.5 Å². The highest BCUT2D eigenvalue weighted by molar-refractivity contribution is 5.84. The maximum atomic E-state index is 9.40. The molecule has 0 bridgehead atoms. The number of aromatic nitrogens is 4. The standard InChI is InChI=1S/C16H26N6O/c1-3-7-22-10-18-13-14(17-8-11-5-6-11)20-16(21-15(13)22)19-12(4-2)9-23/h10-12,23H,3-9H2,1-2H3,(H2,17,19,20,21). The van der Waals surface area contributed by atoms with Crippen LogP contribution in [-0.2, 0) is 6.54 Å². The maximum absolute atomic E-state index is 9.40. The van der Waals surface area contributed by atoms with Crippen LogP contribution in [0.15, 0.2) is 6.33 Å². The Hall–Kier alpha value is -1.89. The summed E-state index contributed by atoms with van der Waals surface area (Å²) < 4.78 is 2.06. The highest BCUT2D eigenvalue weighted by Gasteiger charge is 2.22. The summed E-state index contributed by atoms with van der Waals surface area (Å²) in [5, 5.41) is 16.0. The number of hydrogen-bond acceptors (Lipinski definition) is 6. The summed E-state index contributed by atoms with van der Waals surface area (Å²) >= 11 is 0. The Morgan fingerprint density at radius 2 is 2.17 bits per heavy atom. The number of aliphatic hydroxyl groups excluding tert-OH is 1. The van der Waals surface area contributed by atoms with Gasteiger partial charge in [-0.25, -0.2) is 4.98 Å². The SMILES string of the molecule is CCCn1cnc2c(NCC3CC3)nc(NC(CC)CO)nc21. The first kappa shape index (κ1) is 16.0. The fourth-order valence-corrected chi connectivity index (χ4v) is 2.56. The van der Waals surface area contributed by atoms with E-state index in [0.717, 1.165) is 48.8 Å². The van der Waals surface area contributed by atoms with E-state index < -0.39 is 0 Å². The van der Waals surface area contributed by atoms with Crippen LogP contribution >= 0.6 is 0 Å². The Balaban J connectivity index is 1.92. The zero-order valence-corrected chi connectivity index (χ0v) is 13.9. The van der Waals surface area contributed by atoms with Gasteiger partial charge >= 0.3 is 0 Å². The van der Waals surface area contributed by atoms with Crippen LogP contribution in [0.1, 0.15) is 39.5 Å². The molecular formula is C16H26N6O. The van der Waals surface area contributed by atoms with Crippen molar-refractivity contribution in [3.63, 3.8) is 0 Å². The molecule has 2 heterocycles. The second kappa shape index (κ2) is 7.12. The van der Waals surface area contributed by atoms with Gasteiger partial charge in [0.15, 0.2) is 17.0 Å². The molecule has 23 heavy (non-hydrogen) atoms. The van der Waals surface area contributed by atoms with E-state index in [-0.39, 0.29) is 12.6 Å². The molecule has 2 aromatic heterocycles. The van der Waals surface area contributed by atoms with Crippen LogP contribution in [0.3, 0.4) is 0 Å². The average Bonchev–Trinajstić information content (AvgIpc) is 3.31. The van der Waals surface area contributed by atoms with Gasteiger partial charge in [0.25, 0.3) is 0 Å². The van der Waals surface area contributed by atoms with Crippen molar-refractivity contribution < 1.29 is 5.11 Å². The smallest absolute Gasteiger partial charge is 0.227 e. The number of imidazole rings is 1. The molecule has 0 aromatic carbocycles. The predicted octanol–water partition coefficient (Wildman–Crippen LogP) is 2.24. The third kappa shape index (κ3) is 3.72. The minimum atomic E-state index is -0.0359. The summed E-state index contributed by atoms with van der Waals surface area (Å²) in [7, 11) is 0. The third-order valence-electron chi connectivity index (χ3n) is 4.23. The van der Waals surface area contributed by atoms with E-state index in [1.165, 1.54) is 12.8 Å². The van der Waals surface area contributed by atoms with E-state index in [4.69, 9.17) is 0 Å². The van der Waals surface area contributed by atoms with E-state index >= 15 is 0 Å². The highest BCUT2D eigenvalue weighted by Crippen LogP contribution is 2.30. The largest absolute Gasteiger partial charge is 0.394 e. The lowest BCUT2D eigenvalue weighted by molar-refractivity contribution is 0.271. The van der Waals surface area contributed by atoms with Gasteiger partial charge in [0.1, 0.15) is 0 Å². The minimum absolute atomic E-state index is 0.0359. The fraction of sp³-hybridized carbons (Fsp3) is 0.688. The lowest BCUT2D eigenvalue weighted by atomic mass is 10.2. The molecule has 1 unspecified atom stereocenters. The molecule has 0 aliphatic heterocycles. The van der Waals surface area contributed by atoms with E-state index in [9.17, 15) is 5.11 Å². The first-order valence-corrected chi connectivity index (χ1v) is 8.59. The molecule has 1 aliphatic carbocycles. The third-order valence-corrected chi connectivity index (χ3v) is 4.23. The molecule has 1 saturated carbocycles. The number of nitrogens with zero attached hydrogens (tertiary/aromatic N) is 4. The molecule has 2 aromatic rings. The van der Waals surface area contributed by atoms with Crippen molar-refractivity contribution in [2.24, 2.45) is 5.92 Å². The highest BCUT2D eigenvalue weighted by atomic mass is 16.3. The zero-order chi connectivity index (χ0) is 16.2. The quantitative estimate of drug-likeness (QED) is 0.657. The summed E-state index contributed by atoms with van der Waals surface area (Å²) in [4.78, 5) is 13.7. The van der Waals surface area contributed by atoms with Gasteiger partial charge in [-0.15, -0.1) is 0 Å². The van der Waals surface area contributed by atoms with Crippen LogP contribution < -0.4 is 10.6 Å². The molecule has 0 spiro atoms. The van der Waals surface area contributed by atoms with Gasteiger partial charge in [0.05, 0.1) is 19.0 Å². The Bertz CT molecular complexity index is 647. The number of anilines is 2. The van der Waals surface area contributed by atoms with Gasteiger partial charge in [-0.05, 0) is 31.6 Å². The average molecular weight is 318 g/mol. The van der Waals surface area contributed by atoms with Gasteiger partial charge in [0, 0.05) is 13.1 Å². The van der Waals surface area contributed by atoms with E-state index in [0.29, 0.717) is 5.95 Å². The summed E-state index contributed by atoms with van der Waals surface area (Å²) in [6, 6.07) is -0.0359. The fourth-order valence-electron chi connectivity index (χ4n) is 2.56. The monoisotopic (exact) mass is 318 g/mol. The normalized spacial score (nSPS) is 15.8. The lowest BCUT2D eigenvalue weighted by Gasteiger charge is -2.15. The number of hydrogen-bond donors (Lipinski definition) is 3. The van der Waals surface area contributed by atoms with Crippen molar-refractivity contribution in [1.29, 1.82) is 0 Å². The van der Waals surface area contributed by atoms with Gasteiger partial charge in [-0.3, -0.25) is 0 Å². The Labute approximate surface area is 136 Å². The Morgan fingerprint density at radius 3 is 2.83 bits per heavy atom. The zero-order valence-electron chi connectivity index (χ0n) is 13.9. The molecule has 3 N–H and O–H groups in total. The molecule has 0 radical (unpaired) electrons. The molecule has 7 nitrogen and oxygen atoms in total. The second-order valence-electron chi connectivity index (χ2n) is 6.26.